The van der Waals surface area contributed by atoms with Crippen LogP contribution in [-0.2, 0) is 16.0 Å². The van der Waals surface area contributed by atoms with Gasteiger partial charge in [0, 0.05) is 20.7 Å². The van der Waals surface area contributed by atoms with Gasteiger partial charge < -0.3 is 24.8 Å². The van der Waals surface area contributed by atoms with Crippen molar-refractivity contribution < 1.29 is 14.2 Å². The molecule has 0 radical (unpaired) electrons. The third kappa shape index (κ3) is 4.39. The monoisotopic (exact) mass is 333 g/mol. The first-order valence-corrected chi connectivity index (χ1v) is 8.62. The number of aliphatic imine (C=N–C) groups is 1. The van der Waals surface area contributed by atoms with Crippen molar-refractivity contribution in [2.75, 3.05) is 27.4 Å². The van der Waals surface area contributed by atoms with Crippen LogP contribution in [0.25, 0.3) is 0 Å². The van der Waals surface area contributed by atoms with Crippen LogP contribution in [0.1, 0.15) is 24.8 Å². The number of nitrogens with one attached hydrogen (secondary N) is 2. The Morgan fingerprint density at radius 1 is 1.33 bits per heavy atom. The molecule has 2 aliphatic rings. The highest BCUT2D eigenvalue weighted by Gasteiger charge is 2.41. The molecule has 2 heterocycles. The predicted molar refractivity (Wildman–Crippen MR) is 93.4 cm³/mol. The largest absolute Gasteiger partial charge is 0.491 e. The van der Waals surface area contributed by atoms with Gasteiger partial charge in [0.05, 0.1) is 24.9 Å². The second-order valence-electron chi connectivity index (χ2n) is 6.27. The van der Waals surface area contributed by atoms with Gasteiger partial charge in [-0.05, 0) is 37.0 Å². The number of hydrogen-bond acceptors (Lipinski definition) is 4. The molecule has 0 amide bonds. The summed E-state index contributed by atoms with van der Waals surface area (Å²) in [7, 11) is 3.47. The van der Waals surface area contributed by atoms with Crippen LogP contribution in [0, 0.1) is 0 Å². The Labute approximate surface area is 143 Å². The molecule has 2 aliphatic heterocycles. The van der Waals surface area contributed by atoms with Crippen molar-refractivity contribution in [2.45, 2.75) is 44.1 Å². The van der Waals surface area contributed by atoms with Crippen LogP contribution in [0.15, 0.2) is 29.3 Å². The van der Waals surface area contributed by atoms with Gasteiger partial charge in [-0.25, -0.2) is 0 Å². The minimum absolute atomic E-state index is 0.339. The van der Waals surface area contributed by atoms with Crippen molar-refractivity contribution in [1.29, 1.82) is 0 Å². The Morgan fingerprint density at radius 2 is 2.25 bits per heavy atom. The molecule has 0 aliphatic carbocycles. The predicted octanol–water partition coefficient (Wildman–Crippen LogP) is 1.70. The van der Waals surface area contributed by atoms with Gasteiger partial charge in [0.25, 0.3) is 0 Å². The molecule has 0 aromatic heterocycles. The van der Waals surface area contributed by atoms with Crippen molar-refractivity contribution >= 4 is 5.96 Å². The van der Waals surface area contributed by atoms with Crippen molar-refractivity contribution in [3.63, 3.8) is 0 Å². The van der Waals surface area contributed by atoms with E-state index in [-0.39, 0.29) is 0 Å². The number of fused-ring (bicyclic) bond motifs is 2. The van der Waals surface area contributed by atoms with Gasteiger partial charge in [-0.15, -0.1) is 0 Å². The van der Waals surface area contributed by atoms with Gasteiger partial charge in [0.2, 0.25) is 0 Å². The number of methoxy groups -OCH3 is 1. The Bertz CT molecular complexity index is 564. The standard InChI is InChI=1S/C18H27N3O3/c1-19-18(21-16-11-15-6-7-17(16)24-15)20-12-13-4-3-5-14(10-13)23-9-8-22-2/h3-5,10,15-17H,6-9,11-12H2,1-2H3,(H2,19,20,21). The molecule has 6 heteroatoms. The van der Waals surface area contributed by atoms with Gasteiger partial charge in [-0.2, -0.15) is 0 Å². The maximum Gasteiger partial charge on any atom is 0.191 e. The van der Waals surface area contributed by atoms with Crippen molar-refractivity contribution in [2.24, 2.45) is 4.99 Å². The SMILES string of the molecule is CN=C(NCc1cccc(OCCOC)c1)NC1CC2CCC1O2. The summed E-state index contributed by atoms with van der Waals surface area (Å²) in [6.45, 7) is 1.84. The highest BCUT2D eigenvalue weighted by molar-refractivity contribution is 5.80. The van der Waals surface area contributed by atoms with Crippen LogP contribution in [0.4, 0.5) is 0 Å². The normalized spacial score (nSPS) is 25.8. The Kier molecular flexibility index (Phi) is 5.93. The first-order chi connectivity index (χ1) is 11.8. The molecule has 3 rings (SSSR count). The van der Waals surface area contributed by atoms with E-state index < -0.39 is 0 Å². The molecular formula is C18H27N3O3. The summed E-state index contributed by atoms with van der Waals surface area (Å²) < 4.78 is 16.5. The zero-order chi connectivity index (χ0) is 16.8. The summed E-state index contributed by atoms with van der Waals surface area (Å²) in [6, 6.07) is 8.44. The fourth-order valence-electron chi connectivity index (χ4n) is 3.33. The van der Waals surface area contributed by atoms with E-state index in [1.807, 2.05) is 18.2 Å². The fourth-order valence-corrected chi connectivity index (χ4v) is 3.33. The Balaban J connectivity index is 1.47. The molecule has 2 N–H and O–H groups in total. The summed E-state index contributed by atoms with van der Waals surface area (Å²) in [5, 5.41) is 6.86. The Hall–Kier alpha value is -1.79. The lowest BCUT2D eigenvalue weighted by Gasteiger charge is -2.22. The Morgan fingerprint density at radius 3 is 2.96 bits per heavy atom. The van der Waals surface area contributed by atoms with E-state index in [9.17, 15) is 0 Å². The van der Waals surface area contributed by atoms with Crippen LogP contribution in [0.2, 0.25) is 0 Å². The summed E-state index contributed by atoms with van der Waals surface area (Å²) in [5.41, 5.74) is 1.15. The smallest absolute Gasteiger partial charge is 0.191 e. The molecule has 2 saturated heterocycles. The number of benzene rings is 1. The van der Waals surface area contributed by atoms with Gasteiger partial charge >= 0.3 is 0 Å². The third-order valence-corrected chi connectivity index (χ3v) is 4.57. The molecule has 1 aromatic rings. The number of hydrogen-bond donors (Lipinski definition) is 2. The topological polar surface area (TPSA) is 64.1 Å². The first-order valence-electron chi connectivity index (χ1n) is 8.62. The van der Waals surface area contributed by atoms with Gasteiger partial charge in [-0.1, -0.05) is 12.1 Å². The lowest BCUT2D eigenvalue weighted by atomic mass is 9.96. The molecule has 0 spiro atoms. The van der Waals surface area contributed by atoms with Crippen LogP contribution in [0.5, 0.6) is 5.75 Å². The molecule has 2 fully saturated rings. The minimum atomic E-state index is 0.339. The number of guanidine groups is 1. The molecule has 132 valence electrons. The van der Waals surface area contributed by atoms with E-state index >= 15 is 0 Å². The number of rotatable bonds is 7. The highest BCUT2D eigenvalue weighted by atomic mass is 16.5. The minimum Gasteiger partial charge on any atom is -0.491 e. The van der Waals surface area contributed by atoms with E-state index in [0.717, 1.165) is 30.1 Å². The van der Waals surface area contributed by atoms with Crippen LogP contribution >= 0.6 is 0 Å². The molecule has 1 aromatic carbocycles. The zero-order valence-corrected chi connectivity index (χ0v) is 14.5. The quantitative estimate of drug-likeness (QED) is 0.452. The van der Waals surface area contributed by atoms with Crippen LogP contribution in [0.3, 0.4) is 0 Å². The van der Waals surface area contributed by atoms with Crippen molar-refractivity contribution in [1.82, 2.24) is 10.6 Å². The summed E-state index contributed by atoms with van der Waals surface area (Å²) in [4.78, 5) is 4.32. The second-order valence-corrected chi connectivity index (χ2v) is 6.27. The molecule has 24 heavy (non-hydrogen) atoms. The maximum absolute atomic E-state index is 5.88. The van der Waals surface area contributed by atoms with E-state index in [4.69, 9.17) is 14.2 Å². The number of ether oxygens (including phenoxy) is 3. The molecular weight excluding hydrogens is 306 g/mol. The van der Waals surface area contributed by atoms with E-state index in [2.05, 4.69) is 21.7 Å². The first kappa shape index (κ1) is 17.0. The van der Waals surface area contributed by atoms with E-state index in [1.165, 1.54) is 6.42 Å². The average molecular weight is 333 g/mol. The molecule has 2 bridgehead atoms. The fraction of sp³-hybridized carbons (Fsp3) is 0.611. The van der Waals surface area contributed by atoms with Gasteiger partial charge in [-0.3, -0.25) is 4.99 Å². The van der Waals surface area contributed by atoms with Gasteiger partial charge in [0.15, 0.2) is 5.96 Å². The van der Waals surface area contributed by atoms with Crippen LogP contribution < -0.4 is 15.4 Å². The lowest BCUT2D eigenvalue weighted by Crippen LogP contribution is -2.47. The second kappa shape index (κ2) is 8.35. The maximum atomic E-state index is 5.88. The summed E-state index contributed by atoms with van der Waals surface area (Å²) >= 11 is 0. The lowest BCUT2D eigenvalue weighted by molar-refractivity contribution is 0.0992. The molecule has 6 nitrogen and oxygen atoms in total. The zero-order valence-electron chi connectivity index (χ0n) is 14.5. The molecule has 3 unspecified atom stereocenters. The van der Waals surface area contributed by atoms with E-state index in [0.29, 0.717) is 38.0 Å². The highest BCUT2D eigenvalue weighted by Crippen LogP contribution is 2.34. The van der Waals surface area contributed by atoms with Gasteiger partial charge in [0.1, 0.15) is 12.4 Å². The summed E-state index contributed by atoms with van der Waals surface area (Å²) in [5.74, 6) is 1.68. The summed E-state index contributed by atoms with van der Waals surface area (Å²) in [6.07, 6.45) is 4.21. The van der Waals surface area contributed by atoms with Crippen molar-refractivity contribution in [3.05, 3.63) is 29.8 Å². The molecule has 0 saturated carbocycles. The number of nitrogens with zero attached hydrogens (tertiary/aromatic N) is 1. The van der Waals surface area contributed by atoms with E-state index in [1.54, 1.807) is 14.2 Å². The average Bonchev–Trinajstić information content (AvgIpc) is 3.22. The van der Waals surface area contributed by atoms with Crippen LogP contribution in [-0.4, -0.2) is 51.6 Å². The molecule has 3 atom stereocenters. The third-order valence-electron chi connectivity index (χ3n) is 4.57. The van der Waals surface area contributed by atoms with Crippen molar-refractivity contribution in [3.8, 4) is 5.75 Å².